The van der Waals surface area contributed by atoms with E-state index in [9.17, 15) is 14.7 Å². The van der Waals surface area contributed by atoms with Gasteiger partial charge in [0.2, 0.25) is 0 Å². The molecule has 0 aromatic heterocycles. The lowest BCUT2D eigenvalue weighted by atomic mass is 9.98. The maximum absolute atomic E-state index is 12.3. The minimum absolute atomic E-state index is 0.0582. The number of alkyl carbamates (subject to hydrolysis) is 1. The summed E-state index contributed by atoms with van der Waals surface area (Å²) in [4.78, 5) is 23.8. The summed E-state index contributed by atoms with van der Waals surface area (Å²) in [6.45, 7) is 0.468. The van der Waals surface area contributed by atoms with Crippen LogP contribution < -0.4 is 5.32 Å². The normalized spacial score (nSPS) is 16.7. The average molecular weight is 409 g/mol. The maximum Gasteiger partial charge on any atom is 0.407 e. The van der Waals surface area contributed by atoms with Crippen molar-refractivity contribution < 1.29 is 24.2 Å². The monoisotopic (exact) mass is 409 g/mol. The predicted molar refractivity (Wildman–Crippen MR) is 112 cm³/mol. The second-order valence-corrected chi connectivity index (χ2v) is 7.93. The van der Waals surface area contributed by atoms with Crippen molar-refractivity contribution in [1.29, 1.82) is 0 Å². The number of ether oxygens (including phenoxy) is 2. The first-order chi connectivity index (χ1) is 14.6. The molecule has 1 atom stereocenters. The second kappa shape index (κ2) is 9.30. The van der Waals surface area contributed by atoms with E-state index in [1.165, 1.54) is 0 Å². The van der Waals surface area contributed by atoms with E-state index in [-0.39, 0.29) is 25.0 Å². The Morgan fingerprint density at radius 1 is 1.00 bits per heavy atom. The van der Waals surface area contributed by atoms with Gasteiger partial charge in [0.05, 0.1) is 6.10 Å². The van der Waals surface area contributed by atoms with Crippen molar-refractivity contribution in [3.8, 4) is 11.1 Å². The highest BCUT2D eigenvalue weighted by atomic mass is 16.5. The number of carbonyl (C=O) groups excluding carboxylic acids is 1. The van der Waals surface area contributed by atoms with Crippen molar-refractivity contribution in [2.24, 2.45) is 0 Å². The molecule has 1 saturated carbocycles. The van der Waals surface area contributed by atoms with E-state index in [0.717, 1.165) is 47.9 Å². The molecule has 1 amide bonds. The highest BCUT2D eigenvalue weighted by molar-refractivity contribution is 5.81. The van der Waals surface area contributed by atoms with Crippen LogP contribution >= 0.6 is 0 Å². The molecule has 2 aromatic rings. The molecule has 6 nitrogen and oxygen atoms in total. The number of nitrogens with one attached hydrogen (secondary N) is 1. The minimum atomic E-state index is -1.08. The first-order valence-electron chi connectivity index (χ1n) is 10.6. The zero-order valence-electron chi connectivity index (χ0n) is 16.9. The zero-order valence-corrected chi connectivity index (χ0v) is 16.9. The molecule has 6 heteroatoms. The van der Waals surface area contributed by atoms with E-state index in [1.54, 1.807) is 0 Å². The number of amides is 1. The van der Waals surface area contributed by atoms with Gasteiger partial charge in [-0.15, -0.1) is 0 Å². The lowest BCUT2D eigenvalue weighted by Gasteiger charge is -2.18. The minimum Gasteiger partial charge on any atom is -0.480 e. The summed E-state index contributed by atoms with van der Waals surface area (Å²) < 4.78 is 11.2. The fraction of sp³-hybridized carbons (Fsp3) is 0.417. The van der Waals surface area contributed by atoms with Gasteiger partial charge in [-0.25, -0.2) is 9.59 Å². The van der Waals surface area contributed by atoms with Crippen LogP contribution in [0, 0.1) is 0 Å². The van der Waals surface area contributed by atoms with Gasteiger partial charge in [0.25, 0.3) is 0 Å². The van der Waals surface area contributed by atoms with Crippen LogP contribution in [0.15, 0.2) is 48.5 Å². The predicted octanol–water partition coefficient (Wildman–Crippen LogP) is 4.33. The van der Waals surface area contributed by atoms with E-state index in [0.29, 0.717) is 6.61 Å². The van der Waals surface area contributed by atoms with Crippen LogP contribution in [-0.4, -0.2) is 42.5 Å². The summed E-state index contributed by atoms with van der Waals surface area (Å²) in [5.74, 6) is -1.14. The molecular weight excluding hydrogens is 382 g/mol. The first kappa shape index (κ1) is 20.4. The number of benzene rings is 2. The standard InChI is InChI=1S/C24H27NO5/c26-23(27)22(13-14-29-16-7-1-2-8-16)25-24(28)30-15-21-19-11-5-3-9-17(19)18-10-4-6-12-20(18)21/h3-6,9-12,16,21-22H,1-2,7-8,13-15H2,(H,25,28)(H,26,27)/t22-/m0/s1. The molecule has 0 bridgehead atoms. The molecule has 2 N–H and O–H groups in total. The number of fused-ring (bicyclic) bond motifs is 3. The van der Waals surface area contributed by atoms with Crippen molar-refractivity contribution in [3.05, 3.63) is 59.7 Å². The summed E-state index contributed by atoms with van der Waals surface area (Å²) in [6.07, 6.45) is 4.08. The number of carboxylic acid groups (broad SMARTS) is 1. The quantitative estimate of drug-likeness (QED) is 0.678. The van der Waals surface area contributed by atoms with Crippen LogP contribution in [0.4, 0.5) is 4.79 Å². The average Bonchev–Trinajstić information content (AvgIpc) is 3.38. The molecule has 1 fully saturated rings. The van der Waals surface area contributed by atoms with Crippen molar-refractivity contribution in [2.75, 3.05) is 13.2 Å². The van der Waals surface area contributed by atoms with Crippen LogP contribution in [0.25, 0.3) is 11.1 Å². The Kier molecular flexibility index (Phi) is 6.33. The lowest BCUT2D eigenvalue weighted by Crippen LogP contribution is -2.42. The Balaban J connectivity index is 1.33. The summed E-state index contributed by atoms with van der Waals surface area (Å²) in [5, 5.41) is 11.9. The molecule has 2 aliphatic rings. The van der Waals surface area contributed by atoms with Gasteiger partial charge in [0.1, 0.15) is 12.6 Å². The zero-order chi connectivity index (χ0) is 20.9. The van der Waals surface area contributed by atoms with Crippen LogP contribution in [0.2, 0.25) is 0 Å². The van der Waals surface area contributed by atoms with E-state index in [2.05, 4.69) is 17.4 Å². The van der Waals surface area contributed by atoms with Crippen LogP contribution in [0.3, 0.4) is 0 Å². The van der Waals surface area contributed by atoms with Crippen LogP contribution in [0.1, 0.15) is 49.1 Å². The molecule has 30 heavy (non-hydrogen) atoms. The van der Waals surface area contributed by atoms with E-state index >= 15 is 0 Å². The second-order valence-electron chi connectivity index (χ2n) is 7.93. The number of carboxylic acids is 1. The Morgan fingerprint density at radius 2 is 1.60 bits per heavy atom. The molecule has 0 radical (unpaired) electrons. The Morgan fingerprint density at radius 3 is 2.20 bits per heavy atom. The molecule has 0 unspecified atom stereocenters. The Hall–Kier alpha value is -2.86. The van der Waals surface area contributed by atoms with E-state index in [1.807, 2.05) is 36.4 Å². The molecule has 0 saturated heterocycles. The molecule has 4 rings (SSSR count). The fourth-order valence-electron chi connectivity index (χ4n) is 4.45. The molecule has 0 aliphatic heterocycles. The third-order valence-corrected chi connectivity index (χ3v) is 6.00. The summed E-state index contributed by atoms with van der Waals surface area (Å²) in [7, 11) is 0. The van der Waals surface area contributed by atoms with Gasteiger partial charge >= 0.3 is 12.1 Å². The highest BCUT2D eigenvalue weighted by Gasteiger charge is 2.29. The summed E-state index contributed by atoms with van der Waals surface area (Å²) in [6, 6.07) is 15.1. The molecule has 0 spiro atoms. The van der Waals surface area contributed by atoms with Gasteiger partial charge in [-0.05, 0) is 35.1 Å². The summed E-state index contributed by atoms with van der Waals surface area (Å²) in [5.41, 5.74) is 4.53. The molecule has 2 aromatic carbocycles. The number of hydrogen-bond donors (Lipinski definition) is 2. The van der Waals surface area contributed by atoms with Crippen molar-refractivity contribution in [3.63, 3.8) is 0 Å². The Labute approximate surface area is 176 Å². The third-order valence-electron chi connectivity index (χ3n) is 6.00. The number of carbonyl (C=O) groups is 2. The molecule has 2 aliphatic carbocycles. The maximum atomic E-state index is 12.3. The molecular formula is C24H27NO5. The van der Waals surface area contributed by atoms with Crippen molar-refractivity contribution in [2.45, 2.75) is 50.2 Å². The lowest BCUT2D eigenvalue weighted by molar-refractivity contribution is -0.140. The van der Waals surface area contributed by atoms with Crippen LogP contribution in [-0.2, 0) is 14.3 Å². The van der Waals surface area contributed by atoms with E-state index < -0.39 is 18.1 Å². The largest absolute Gasteiger partial charge is 0.480 e. The highest BCUT2D eigenvalue weighted by Crippen LogP contribution is 2.44. The van der Waals surface area contributed by atoms with Gasteiger partial charge in [0.15, 0.2) is 0 Å². The number of aliphatic carboxylic acids is 1. The van der Waals surface area contributed by atoms with Crippen LogP contribution in [0.5, 0.6) is 0 Å². The van der Waals surface area contributed by atoms with E-state index in [4.69, 9.17) is 9.47 Å². The van der Waals surface area contributed by atoms with Gasteiger partial charge in [-0.3, -0.25) is 0 Å². The number of hydrogen-bond acceptors (Lipinski definition) is 4. The van der Waals surface area contributed by atoms with Gasteiger partial charge in [0, 0.05) is 18.9 Å². The van der Waals surface area contributed by atoms with Gasteiger partial charge in [-0.2, -0.15) is 0 Å². The number of rotatable bonds is 8. The smallest absolute Gasteiger partial charge is 0.407 e. The summed E-state index contributed by atoms with van der Waals surface area (Å²) >= 11 is 0. The van der Waals surface area contributed by atoms with Crippen molar-refractivity contribution >= 4 is 12.1 Å². The third kappa shape index (κ3) is 4.49. The topological polar surface area (TPSA) is 84.9 Å². The Bertz CT molecular complexity index is 860. The molecule has 158 valence electrons. The first-order valence-corrected chi connectivity index (χ1v) is 10.6. The fourth-order valence-corrected chi connectivity index (χ4v) is 4.45. The SMILES string of the molecule is O=C(N[C@@H](CCOC1CCCC1)C(=O)O)OCC1c2ccccc2-c2ccccc21. The van der Waals surface area contributed by atoms with Gasteiger partial charge < -0.3 is 19.9 Å². The molecule has 0 heterocycles. The van der Waals surface area contributed by atoms with Crippen molar-refractivity contribution in [1.82, 2.24) is 5.32 Å². The van der Waals surface area contributed by atoms with Gasteiger partial charge in [-0.1, -0.05) is 61.4 Å².